The second kappa shape index (κ2) is 10.2. The standard InChI is InChI=1S/C22H26ClN3O2/c23-19-9-6-17(7-10-19)12-15-26-16-18(8-11-21(26)27)22(28)25-14-3-5-20-4-1-2-13-24-20/h1-2,4,6-7,9-10,13,18H,3,5,8,11-12,14-16H2,(H,25,28)/t18-/m0/s1. The number of rotatable bonds is 8. The van der Waals surface area contributed by atoms with Crippen molar-refractivity contribution in [1.29, 1.82) is 0 Å². The minimum absolute atomic E-state index is 0.0463. The summed E-state index contributed by atoms with van der Waals surface area (Å²) in [6, 6.07) is 13.5. The van der Waals surface area contributed by atoms with Crippen LogP contribution in [0.15, 0.2) is 48.7 Å². The Bertz CT molecular complexity index is 780. The van der Waals surface area contributed by atoms with Crippen molar-refractivity contribution in [2.24, 2.45) is 5.92 Å². The van der Waals surface area contributed by atoms with Crippen LogP contribution in [-0.4, -0.2) is 41.3 Å². The number of hydrogen-bond donors (Lipinski definition) is 1. The number of nitrogens with zero attached hydrogens (tertiary/aromatic N) is 2. The van der Waals surface area contributed by atoms with Gasteiger partial charge in [-0.15, -0.1) is 0 Å². The van der Waals surface area contributed by atoms with Gasteiger partial charge in [0.25, 0.3) is 0 Å². The summed E-state index contributed by atoms with van der Waals surface area (Å²) in [4.78, 5) is 30.8. The summed E-state index contributed by atoms with van der Waals surface area (Å²) in [5.74, 6) is 0.0518. The maximum atomic E-state index is 12.5. The monoisotopic (exact) mass is 399 g/mol. The van der Waals surface area contributed by atoms with E-state index in [1.807, 2.05) is 47.4 Å². The van der Waals surface area contributed by atoms with Gasteiger partial charge < -0.3 is 10.2 Å². The Hall–Kier alpha value is -2.40. The Morgan fingerprint density at radius 2 is 2.00 bits per heavy atom. The van der Waals surface area contributed by atoms with Crippen LogP contribution in [0.2, 0.25) is 5.02 Å². The fraction of sp³-hybridized carbons (Fsp3) is 0.409. The predicted octanol–water partition coefficient (Wildman–Crippen LogP) is 3.27. The molecule has 6 heteroatoms. The molecule has 1 fully saturated rings. The molecule has 1 aliphatic heterocycles. The van der Waals surface area contributed by atoms with Crippen molar-refractivity contribution < 1.29 is 9.59 Å². The summed E-state index contributed by atoms with van der Waals surface area (Å²) in [5.41, 5.74) is 2.17. The van der Waals surface area contributed by atoms with E-state index in [1.54, 1.807) is 6.20 Å². The average molecular weight is 400 g/mol. The van der Waals surface area contributed by atoms with Crippen molar-refractivity contribution in [3.05, 3.63) is 64.9 Å². The van der Waals surface area contributed by atoms with Gasteiger partial charge in [0.2, 0.25) is 11.8 Å². The minimum atomic E-state index is -0.127. The molecule has 28 heavy (non-hydrogen) atoms. The number of amides is 2. The van der Waals surface area contributed by atoms with Crippen LogP contribution in [0.1, 0.15) is 30.5 Å². The number of hydrogen-bond acceptors (Lipinski definition) is 3. The zero-order chi connectivity index (χ0) is 19.8. The van der Waals surface area contributed by atoms with Crippen LogP contribution in [0, 0.1) is 5.92 Å². The lowest BCUT2D eigenvalue weighted by Gasteiger charge is -2.32. The third-order valence-corrected chi connectivity index (χ3v) is 5.34. The molecule has 2 amide bonds. The van der Waals surface area contributed by atoms with Crippen molar-refractivity contribution in [3.63, 3.8) is 0 Å². The van der Waals surface area contributed by atoms with Crippen molar-refractivity contribution in [2.75, 3.05) is 19.6 Å². The van der Waals surface area contributed by atoms with Crippen molar-refractivity contribution in [2.45, 2.75) is 32.1 Å². The van der Waals surface area contributed by atoms with Gasteiger partial charge in [-0.3, -0.25) is 14.6 Å². The first-order chi connectivity index (χ1) is 13.6. The molecule has 0 spiro atoms. The summed E-state index contributed by atoms with van der Waals surface area (Å²) in [6.07, 6.45) is 5.31. The Morgan fingerprint density at radius 3 is 2.75 bits per heavy atom. The lowest BCUT2D eigenvalue weighted by atomic mass is 9.96. The number of carbonyl (C=O) groups excluding carboxylic acids is 2. The van der Waals surface area contributed by atoms with Gasteiger partial charge >= 0.3 is 0 Å². The van der Waals surface area contributed by atoms with E-state index in [-0.39, 0.29) is 17.7 Å². The van der Waals surface area contributed by atoms with E-state index in [4.69, 9.17) is 11.6 Å². The molecule has 1 aromatic carbocycles. The molecule has 0 saturated carbocycles. The zero-order valence-electron chi connectivity index (χ0n) is 15.9. The molecule has 1 saturated heterocycles. The van der Waals surface area contributed by atoms with Crippen LogP contribution in [0.4, 0.5) is 0 Å². The van der Waals surface area contributed by atoms with Crippen LogP contribution < -0.4 is 5.32 Å². The largest absolute Gasteiger partial charge is 0.356 e. The van der Waals surface area contributed by atoms with Crippen molar-refractivity contribution >= 4 is 23.4 Å². The molecule has 3 rings (SSSR count). The second-order valence-corrected chi connectivity index (χ2v) is 7.60. The molecule has 0 unspecified atom stereocenters. The summed E-state index contributed by atoms with van der Waals surface area (Å²) >= 11 is 5.91. The molecule has 1 atom stereocenters. The molecule has 5 nitrogen and oxygen atoms in total. The van der Waals surface area contributed by atoms with Gasteiger partial charge in [0, 0.05) is 43.0 Å². The highest BCUT2D eigenvalue weighted by molar-refractivity contribution is 6.30. The topological polar surface area (TPSA) is 62.3 Å². The smallest absolute Gasteiger partial charge is 0.224 e. The molecule has 1 aromatic heterocycles. The van der Waals surface area contributed by atoms with E-state index < -0.39 is 0 Å². The van der Waals surface area contributed by atoms with Gasteiger partial charge in [-0.1, -0.05) is 29.8 Å². The second-order valence-electron chi connectivity index (χ2n) is 7.17. The highest BCUT2D eigenvalue weighted by Gasteiger charge is 2.29. The summed E-state index contributed by atoms with van der Waals surface area (Å²) < 4.78 is 0. The highest BCUT2D eigenvalue weighted by Crippen LogP contribution is 2.19. The van der Waals surface area contributed by atoms with Crippen LogP contribution in [0.25, 0.3) is 0 Å². The third kappa shape index (κ3) is 6.06. The Balaban J connectivity index is 1.41. The molecular weight excluding hydrogens is 374 g/mol. The molecule has 0 radical (unpaired) electrons. The van der Waals surface area contributed by atoms with Crippen LogP contribution in [-0.2, 0) is 22.4 Å². The average Bonchev–Trinajstić information content (AvgIpc) is 2.72. The van der Waals surface area contributed by atoms with E-state index in [0.29, 0.717) is 37.5 Å². The predicted molar refractivity (Wildman–Crippen MR) is 110 cm³/mol. The lowest BCUT2D eigenvalue weighted by Crippen LogP contribution is -2.46. The van der Waals surface area contributed by atoms with Gasteiger partial charge in [0.05, 0.1) is 5.92 Å². The van der Waals surface area contributed by atoms with Crippen molar-refractivity contribution in [3.8, 4) is 0 Å². The first-order valence-electron chi connectivity index (χ1n) is 9.81. The Kier molecular flexibility index (Phi) is 7.43. The molecule has 0 bridgehead atoms. The normalized spacial score (nSPS) is 16.8. The van der Waals surface area contributed by atoms with Gasteiger partial charge in [0.15, 0.2) is 0 Å². The first-order valence-corrected chi connectivity index (χ1v) is 10.2. The van der Waals surface area contributed by atoms with E-state index in [1.165, 1.54) is 0 Å². The molecule has 148 valence electrons. The number of piperidine rings is 1. The fourth-order valence-electron chi connectivity index (χ4n) is 3.43. The maximum absolute atomic E-state index is 12.5. The van der Waals surface area contributed by atoms with E-state index >= 15 is 0 Å². The fourth-order valence-corrected chi connectivity index (χ4v) is 3.56. The summed E-state index contributed by atoms with van der Waals surface area (Å²) in [5, 5.41) is 3.72. The van der Waals surface area contributed by atoms with Crippen molar-refractivity contribution in [1.82, 2.24) is 15.2 Å². The van der Waals surface area contributed by atoms with Gasteiger partial charge in [-0.2, -0.15) is 0 Å². The number of pyridine rings is 1. The van der Waals surface area contributed by atoms with Crippen LogP contribution in [0.5, 0.6) is 0 Å². The first kappa shape index (κ1) is 20.3. The molecule has 0 aliphatic carbocycles. The number of carbonyl (C=O) groups is 2. The zero-order valence-corrected chi connectivity index (χ0v) is 16.7. The SMILES string of the molecule is O=C(NCCCc1ccccn1)[C@H]1CCC(=O)N(CCc2ccc(Cl)cc2)C1. The molecule has 1 N–H and O–H groups in total. The number of benzene rings is 1. The number of likely N-dealkylation sites (tertiary alicyclic amines) is 1. The minimum Gasteiger partial charge on any atom is -0.356 e. The number of aryl methyl sites for hydroxylation is 1. The van der Waals surface area contributed by atoms with E-state index in [9.17, 15) is 9.59 Å². The molecule has 1 aliphatic rings. The Labute approximate surface area is 171 Å². The Morgan fingerprint density at radius 1 is 1.18 bits per heavy atom. The number of aromatic nitrogens is 1. The van der Waals surface area contributed by atoms with Gasteiger partial charge in [-0.25, -0.2) is 0 Å². The van der Waals surface area contributed by atoms with Gasteiger partial charge in [-0.05, 0) is 55.5 Å². The number of nitrogens with one attached hydrogen (secondary N) is 1. The van der Waals surface area contributed by atoms with Crippen LogP contribution >= 0.6 is 11.6 Å². The van der Waals surface area contributed by atoms with Crippen LogP contribution in [0.3, 0.4) is 0 Å². The number of halogens is 1. The van der Waals surface area contributed by atoms with Gasteiger partial charge in [0.1, 0.15) is 0 Å². The molecular formula is C22H26ClN3O2. The summed E-state index contributed by atoms with van der Waals surface area (Å²) in [6.45, 7) is 1.76. The third-order valence-electron chi connectivity index (χ3n) is 5.09. The quantitative estimate of drug-likeness (QED) is 0.693. The van der Waals surface area contributed by atoms with E-state index in [2.05, 4.69) is 10.3 Å². The molecule has 2 heterocycles. The van der Waals surface area contributed by atoms with E-state index in [0.717, 1.165) is 30.5 Å². The molecule has 2 aromatic rings. The summed E-state index contributed by atoms with van der Waals surface area (Å²) in [7, 11) is 0. The maximum Gasteiger partial charge on any atom is 0.224 e. The highest BCUT2D eigenvalue weighted by atomic mass is 35.5. The lowest BCUT2D eigenvalue weighted by molar-refractivity contribution is -0.138.